The number of fused-ring (bicyclic) bond motifs is 1. The van der Waals surface area contributed by atoms with Gasteiger partial charge in [-0.1, -0.05) is 11.6 Å². The molecule has 0 radical (unpaired) electrons. The standard InChI is InChI=1S/C14H15ClN2O/c1-18-11-7-5-10(6-8-11)14-16-13(15)12-4-2-3-9-17(12)14/h5-8H,2-4,9H2,1H3. The first kappa shape index (κ1) is 11.6. The van der Waals surface area contributed by atoms with Crippen molar-refractivity contribution in [1.29, 1.82) is 0 Å². The lowest BCUT2D eigenvalue weighted by atomic mass is 10.1. The van der Waals surface area contributed by atoms with Gasteiger partial charge in [-0.15, -0.1) is 0 Å². The summed E-state index contributed by atoms with van der Waals surface area (Å²) in [7, 11) is 1.67. The van der Waals surface area contributed by atoms with Crippen LogP contribution in [0, 0.1) is 0 Å². The first-order valence-electron chi connectivity index (χ1n) is 6.19. The molecule has 3 rings (SSSR count). The maximum atomic E-state index is 6.21. The minimum absolute atomic E-state index is 0.653. The highest BCUT2D eigenvalue weighted by atomic mass is 35.5. The second kappa shape index (κ2) is 4.65. The molecule has 2 heterocycles. The first-order valence-corrected chi connectivity index (χ1v) is 6.56. The molecule has 94 valence electrons. The summed E-state index contributed by atoms with van der Waals surface area (Å²) in [5, 5.41) is 0.653. The van der Waals surface area contributed by atoms with Gasteiger partial charge < -0.3 is 9.30 Å². The van der Waals surface area contributed by atoms with Crippen LogP contribution in [0.25, 0.3) is 11.4 Å². The lowest BCUT2D eigenvalue weighted by Gasteiger charge is -2.16. The van der Waals surface area contributed by atoms with Gasteiger partial charge in [0.25, 0.3) is 0 Å². The van der Waals surface area contributed by atoms with Crippen molar-refractivity contribution in [2.75, 3.05) is 7.11 Å². The molecule has 0 aliphatic carbocycles. The molecule has 0 unspecified atom stereocenters. The van der Waals surface area contributed by atoms with Gasteiger partial charge in [0, 0.05) is 12.1 Å². The SMILES string of the molecule is COc1ccc(-c2nc(Cl)c3n2CCCC3)cc1. The van der Waals surface area contributed by atoms with Gasteiger partial charge in [-0.05, 0) is 43.5 Å². The molecule has 0 bridgehead atoms. The van der Waals surface area contributed by atoms with Crippen LogP contribution in [0.15, 0.2) is 24.3 Å². The molecule has 1 aromatic heterocycles. The van der Waals surface area contributed by atoms with E-state index in [0.29, 0.717) is 5.15 Å². The van der Waals surface area contributed by atoms with E-state index in [1.807, 2.05) is 24.3 Å². The van der Waals surface area contributed by atoms with Gasteiger partial charge >= 0.3 is 0 Å². The molecule has 0 saturated heterocycles. The Morgan fingerprint density at radius 1 is 1.22 bits per heavy atom. The zero-order chi connectivity index (χ0) is 12.5. The lowest BCUT2D eigenvalue weighted by molar-refractivity contribution is 0.415. The van der Waals surface area contributed by atoms with Crippen molar-refractivity contribution < 1.29 is 4.74 Å². The molecule has 0 N–H and O–H groups in total. The maximum Gasteiger partial charge on any atom is 0.150 e. The smallest absolute Gasteiger partial charge is 0.150 e. The highest BCUT2D eigenvalue weighted by Crippen LogP contribution is 2.30. The largest absolute Gasteiger partial charge is 0.497 e. The Balaban J connectivity index is 2.05. The van der Waals surface area contributed by atoms with Crippen molar-refractivity contribution in [2.24, 2.45) is 0 Å². The van der Waals surface area contributed by atoms with Crippen molar-refractivity contribution in [3.05, 3.63) is 35.1 Å². The third-order valence-corrected chi connectivity index (χ3v) is 3.72. The molecule has 1 aliphatic rings. The second-order valence-corrected chi connectivity index (χ2v) is 4.87. The van der Waals surface area contributed by atoms with Crippen LogP contribution in [0.4, 0.5) is 0 Å². The molecule has 2 aromatic rings. The first-order chi connectivity index (χ1) is 8.79. The monoisotopic (exact) mass is 262 g/mol. The number of ether oxygens (including phenoxy) is 1. The molecule has 0 saturated carbocycles. The molecule has 3 nitrogen and oxygen atoms in total. The number of halogens is 1. The van der Waals surface area contributed by atoms with E-state index in [0.717, 1.165) is 30.1 Å². The van der Waals surface area contributed by atoms with E-state index in [9.17, 15) is 0 Å². The van der Waals surface area contributed by atoms with E-state index in [-0.39, 0.29) is 0 Å². The number of hydrogen-bond acceptors (Lipinski definition) is 2. The normalized spacial score (nSPS) is 14.3. The van der Waals surface area contributed by atoms with E-state index in [1.165, 1.54) is 18.5 Å². The fourth-order valence-corrected chi connectivity index (χ4v) is 2.74. The molecule has 1 aromatic carbocycles. The van der Waals surface area contributed by atoms with Gasteiger partial charge in [-0.2, -0.15) is 0 Å². The fraction of sp³-hybridized carbons (Fsp3) is 0.357. The van der Waals surface area contributed by atoms with Gasteiger partial charge in [0.2, 0.25) is 0 Å². The number of aromatic nitrogens is 2. The van der Waals surface area contributed by atoms with E-state index in [4.69, 9.17) is 16.3 Å². The highest BCUT2D eigenvalue weighted by Gasteiger charge is 2.19. The van der Waals surface area contributed by atoms with Gasteiger partial charge in [0.1, 0.15) is 11.6 Å². The molecular weight excluding hydrogens is 248 g/mol. The number of hydrogen-bond donors (Lipinski definition) is 0. The van der Waals surface area contributed by atoms with Crippen molar-refractivity contribution in [2.45, 2.75) is 25.8 Å². The molecule has 0 spiro atoms. The summed E-state index contributed by atoms with van der Waals surface area (Å²) < 4.78 is 7.41. The van der Waals surface area contributed by atoms with Crippen molar-refractivity contribution in [1.82, 2.24) is 9.55 Å². The van der Waals surface area contributed by atoms with Crippen LogP contribution in [0.3, 0.4) is 0 Å². The van der Waals surface area contributed by atoms with Gasteiger partial charge in [0.15, 0.2) is 5.15 Å². The minimum Gasteiger partial charge on any atom is -0.497 e. The van der Waals surface area contributed by atoms with Crippen LogP contribution in [0.1, 0.15) is 18.5 Å². The molecule has 0 fully saturated rings. The van der Waals surface area contributed by atoms with E-state index in [1.54, 1.807) is 7.11 Å². The van der Waals surface area contributed by atoms with Gasteiger partial charge in [-0.25, -0.2) is 4.98 Å². The topological polar surface area (TPSA) is 27.1 Å². The van der Waals surface area contributed by atoms with Crippen LogP contribution in [0.2, 0.25) is 5.15 Å². The highest BCUT2D eigenvalue weighted by molar-refractivity contribution is 6.30. The summed E-state index contributed by atoms with van der Waals surface area (Å²) >= 11 is 6.21. The third kappa shape index (κ3) is 1.89. The molecule has 18 heavy (non-hydrogen) atoms. The zero-order valence-corrected chi connectivity index (χ0v) is 11.1. The Bertz CT molecular complexity index is 560. The third-order valence-electron chi connectivity index (χ3n) is 3.42. The van der Waals surface area contributed by atoms with Crippen LogP contribution in [0.5, 0.6) is 5.75 Å². The molecule has 0 atom stereocenters. The van der Waals surface area contributed by atoms with Crippen LogP contribution in [-0.2, 0) is 13.0 Å². The van der Waals surface area contributed by atoms with Crippen LogP contribution >= 0.6 is 11.6 Å². The Morgan fingerprint density at radius 2 is 2.00 bits per heavy atom. The van der Waals surface area contributed by atoms with Crippen molar-refractivity contribution in [3.8, 4) is 17.1 Å². The Labute approximate surface area is 111 Å². The van der Waals surface area contributed by atoms with Gasteiger partial charge in [-0.3, -0.25) is 0 Å². The van der Waals surface area contributed by atoms with Gasteiger partial charge in [0.05, 0.1) is 12.8 Å². The Hall–Kier alpha value is -1.48. The average molecular weight is 263 g/mol. The van der Waals surface area contributed by atoms with Crippen LogP contribution < -0.4 is 4.74 Å². The number of methoxy groups -OCH3 is 1. The number of nitrogens with zero attached hydrogens (tertiary/aromatic N) is 2. The zero-order valence-electron chi connectivity index (χ0n) is 10.3. The summed E-state index contributed by atoms with van der Waals surface area (Å²) in [4.78, 5) is 4.51. The second-order valence-electron chi connectivity index (χ2n) is 4.51. The minimum atomic E-state index is 0.653. The Morgan fingerprint density at radius 3 is 2.72 bits per heavy atom. The summed E-state index contributed by atoms with van der Waals surface area (Å²) in [6, 6.07) is 7.96. The quantitative estimate of drug-likeness (QED) is 0.828. The molecule has 1 aliphatic heterocycles. The predicted molar refractivity (Wildman–Crippen MR) is 72.2 cm³/mol. The predicted octanol–water partition coefficient (Wildman–Crippen LogP) is 3.55. The summed E-state index contributed by atoms with van der Waals surface area (Å²) in [6.07, 6.45) is 3.43. The summed E-state index contributed by atoms with van der Waals surface area (Å²) in [5.74, 6) is 1.83. The fourth-order valence-electron chi connectivity index (χ4n) is 2.46. The maximum absolute atomic E-state index is 6.21. The average Bonchev–Trinajstić information content (AvgIpc) is 2.77. The molecular formula is C14H15ClN2O. The number of rotatable bonds is 2. The van der Waals surface area contributed by atoms with Crippen LogP contribution in [-0.4, -0.2) is 16.7 Å². The lowest BCUT2D eigenvalue weighted by Crippen LogP contribution is -2.10. The van der Waals surface area contributed by atoms with Crippen molar-refractivity contribution >= 4 is 11.6 Å². The number of imidazole rings is 1. The molecule has 4 heteroatoms. The summed E-state index contributed by atoms with van der Waals surface area (Å²) in [5.41, 5.74) is 2.26. The summed E-state index contributed by atoms with van der Waals surface area (Å²) in [6.45, 7) is 1.01. The number of benzene rings is 1. The van der Waals surface area contributed by atoms with E-state index < -0.39 is 0 Å². The Kier molecular flexibility index (Phi) is 3.00. The van der Waals surface area contributed by atoms with Crippen molar-refractivity contribution in [3.63, 3.8) is 0 Å². The van der Waals surface area contributed by atoms with E-state index >= 15 is 0 Å². The molecule has 0 amide bonds. The van der Waals surface area contributed by atoms with E-state index in [2.05, 4.69) is 9.55 Å².